The summed E-state index contributed by atoms with van der Waals surface area (Å²) in [6.07, 6.45) is 8.57. The number of ether oxygens (including phenoxy) is 1. The van der Waals surface area contributed by atoms with Crippen molar-refractivity contribution in [2.75, 3.05) is 20.1 Å². The summed E-state index contributed by atoms with van der Waals surface area (Å²) in [5, 5.41) is 0. The van der Waals surface area contributed by atoms with Crippen molar-refractivity contribution in [3.63, 3.8) is 0 Å². The number of allylic oxidation sites excluding steroid dienone is 1. The van der Waals surface area contributed by atoms with Crippen LogP contribution in [0.1, 0.15) is 44.7 Å². The van der Waals surface area contributed by atoms with Gasteiger partial charge in [0.25, 0.3) is 0 Å². The van der Waals surface area contributed by atoms with E-state index < -0.39 is 0 Å². The second kappa shape index (κ2) is 7.38. The second-order valence-electron chi connectivity index (χ2n) is 9.24. The monoisotopic (exact) mass is 368 g/mol. The van der Waals surface area contributed by atoms with Crippen LogP contribution in [0.15, 0.2) is 36.5 Å². The number of nitrogens with zero attached hydrogens (tertiary/aromatic N) is 2. The van der Waals surface area contributed by atoms with Crippen LogP contribution in [-0.4, -0.2) is 42.1 Å². The number of hydrogen-bond donors (Lipinski definition) is 0. The minimum atomic E-state index is 0.00279. The Bertz CT molecular complexity index is 704. The second-order valence-corrected chi connectivity index (χ2v) is 9.24. The van der Waals surface area contributed by atoms with Crippen LogP contribution in [0.2, 0.25) is 0 Å². The number of esters is 1. The molecule has 0 amide bonds. The van der Waals surface area contributed by atoms with E-state index in [2.05, 4.69) is 36.5 Å². The molecule has 0 N–H and O–H groups in total. The zero-order chi connectivity index (χ0) is 19.0. The van der Waals surface area contributed by atoms with Gasteiger partial charge in [-0.2, -0.15) is 0 Å². The molecule has 4 heteroatoms. The Hall–Kier alpha value is -1.68. The van der Waals surface area contributed by atoms with Crippen molar-refractivity contribution in [2.24, 2.45) is 23.2 Å². The Morgan fingerprint density at radius 1 is 1.41 bits per heavy atom. The Morgan fingerprint density at radius 2 is 2.26 bits per heavy atom. The Balaban J connectivity index is 1.40. The van der Waals surface area contributed by atoms with Gasteiger partial charge in [-0.25, -0.2) is 0 Å². The summed E-state index contributed by atoms with van der Waals surface area (Å²) in [5.41, 5.74) is 2.78. The quantitative estimate of drug-likeness (QED) is 0.584. The third-order valence-corrected chi connectivity index (χ3v) is 7.30. The van der Waals surface area contributed by atoms with E-state index in [1.165, 1.54) is 18.4 Å². The molecule has 2 heterocycles. The van der Waals surface area contributed by atoms with Crippen molar-refractivity contribution < 1.29 is 9.53 Å². The number of hydrogen-bond acceptors (Lipinski definition) is 4. The van der Waals surface area contributed by atoms with Crippen molar-refractivity contribution >= 4 is 5.97 Å². The molecule has 1 aromatic heterocycles. The average molecular weight is 369 g/mol. The molecule has 4 rings (SSSR count). The van der Waals surface area contributed by atoms with Gasteiger partial charge < -0.3 is 9.64 Å². The van der Waals surface area contributed by atoms with Crippen LogP contribution < -0.4 is 0 Å². The zero-order valence-electron chi connectivity index (χ0n) is 16.7. The fourth-order valence-corrected chi connectivity index (χ4v) is 5.74. The van der Waals surface area contributed by atoms with E-state index in [1.807, 2.05) is 18.3 Å². The molecular weight excluding hydrogens is 336 g/mol. The number of pyridine rings is 1. The fraction of sp³-hybridized carbons (Fsp3) is 0.652. The summed E-state index contributed by atoms with van der Waals surface area (Å²) in [6.45, 7) is 8.46. The van der Waals surface area contributed by atoms with Crippen LogP contribution in [0.5, 0.6) is 0 Å². The minimum Gasteiger partial charge on any atom is -0.462 e. The van der Waals surface area contributed by atoms with Crippen molar-refractivity contribution in [3.8, 4) is 0 Å². The molecule has 27 heavy (non-hydrogen) atoms. The number of fused-ring (bicyclic) bond motifs is 2. The van der Waals surface area contributed by atoms with Gasteiger partial charge in [-0.1, -0.05) is 25.1 Å². The molecule has 0 radical (unpaired) electrons. The molecule has 0 unspecified atom stereocenters. The number of aromatic nitrogens is 1. The maximum Gasteiger partial charge on any atom is 0.310 e. The van der Waals surface area contributed by atoms with Crippen molar-refractivity contribution in [3.05, 3.63) is 42.2 Å². The summed E-state index contributed by atoms with van der Waals surface area (Å²) in [4.78, 5) is 19.3. The van der Waals surface area contributed by atoms with Gasteiger partial charge in [0.15, 0.2) is 0 Å². The Labute approximate surface area is 163 Å². The molecule has 4 nitrogen and oxygen atoms in total. The highest BCUT2D eigenvalue weighted by molar-refractivity contribution is 5.75. The van der Waals surface area contributed by atoms with E-state index in [0.717, 1.165) is 44.5 Å². The molecule has 0 aromatic carbocycles. The van der Waals surface area contributed by atoms with E-state index in [9.17, 15) is 4.79 Å². The lowest BCUT2D eigenvalue weighted by Gasteiger charge is -2.50. The van der Waals surface area contributed by atoms with Gasteiger partial charge in [-0.05, 0) is 62.6 Å². The van der Waals surface area contributed by atoms with Crippen LogP contribution in [-0.2, 0) is 16.0 Å². The molecule has 3 aliphatic rings. The van der Waals surface area contributed by atoms with Gasteiger partial charge in [0.05, 0.1) is 5.92 Å². The van der Waals surface area contributed by atoms with Crippen LogP contribution in [0.25, 0.3) is 0 Å². The molecule has 0 bridgehead atoms. The van der Waals surface area contributed by atoms with E-state index in [1.54, 1.807) is 0 Å². The lowest BCUT2D eigenvalue weighted by Crippen LogP contribution is -2.45. The summed E-state index contributed by atoms with van der Waals surface area (Å²) in [7, 11) is 2.11. The molecule has 5 atom stereocenters. The largest absolute Gasteiger partial charge is 0.462 e. The molecule has 146 valence electrons. The number of likely N-dealkylation sites (N-methyl/N-ethyl adjacent to an activating group) is 1. The average Bonchev–Trinajstić information content (AvgIpc) is 2.93. The predicted octanol–water partition coefficient (Wildman–Crippen LogP) is 3.87. The molecule has 1 aromatic rings. The summed E-state index contributed by atoms with van der Waals surface area (Å²) in [6, 6.07) is 6.03. The van der Waals surface area contributed by atoms with E-state index >= 15 is 0 Å². The topological polar surface area (TPSA) is 42.4 Å². The highest BCUT2D eigenvalue weighted by Gasteiger charge is 2.55. The first-order chi connectivity index (χ1) is 13.0. The standard InChI is InChI=1S/C23H32N2O2/c1-16-7-6-10-23(2)14-21-18(13-20(16)23)19(22(26)27-21)15-25(3)12-9-17-8-4-5-11-24-17/h4-5,8,11,18-21H,1,6-7,9-10,12-15H2,2-3H3/t18-,19+,20-,21+,23+/m0/s1. The maximum atomic E-state index is 12.7. The smallest absolute Gasteiger partial charge is 0.310 e. The van der Waals surface area contributed by atoms with E-state index in [4.69, 9.17) is 4.74 Å². The Morgan fingerprint density at radius 3 is 3.04 bits per heavy atom. The highest BCUT2D eigenvalue weighted by atomic mass is 16.6. The summed E-state index contributed by atoms with van der Waals surface area (Å²) in [5.74, 6) is 0.927. The summed E-state index contributed by atoms with van der Waals surface area (Å²) >= 11 is 0. The molecule has 0 spiro atoms. The molecule has 3 fully saturated rings. The number of carbonyl (C=O) groups is 1. The van der Waals surface area contributed by atoms with Crippen molar-refractivity contribution in [2.45, 2.75) is 51.6 Å². The van der Waals surface area contributed by atoms with Crippen molar-refractivity contribution in [1.82, 2.24) is 9.88 Å². The third kappa shape index (κ3) is 3.69. The number of rotatable bonds is 5. The van der Waals surface area contributed by atoms with Crippen LogP contribution >= 0.6 is 0 Å². The fourth-order valence-electron chi connectivity index (χ4n) is 5.74. The van der Waals surface area contributed by atoms with Gasteiger partial charge in [-0.3, -0.25) is 9.78 Å². The van der Waals surface area contributed by atoms with Crippen LogP contribution in [0, 0.1) is 23.2 Å². The third-order valence-electron chi connectivity index (χ3n) is 7.30. The first-order valence-electron chi connectivity index (χ1n) is 10.4. The molecular formula is C23H32N2O2. The Kier molecular flexibility index (Phi) is 5.11. The first-order valence-corrected chi connectivity index (χ1v) is 10.4. The molecule has 2 aliphatic carbocycles. The molecule has 2 saturated carbocycles. The lowest BCUT2D eigenvalue weighted by molar-refractivity contribution is -0.146. The predicted molar refractivity (Wildman–Crippen MR) is 106 cm³/mol. The van der Waals surface area contributed by atoms with E-state index in [-0.39, 0.29) is 23.4 Å². The minimum absolute atomic E-state index is 0.00279. The zero-order valence-corrected chi connectivity index (χ0v) is 16.7. The van der Waals surface area contributed by atoms with Crippen LogP contribution in [0.4, 0.5) is 0 Å². The lowest BCUT2D eigenvalue weighted by atomic mass is 9.55. The van der Waals surface area contributed by atoms with E-state index in [0.29, 0.717) is 11.8 Å². The first kappa shape index (κ1) is 18.7. The summed E-state index contributed by atoms with van der Waals surface area (Å²) < 4.78 is 5.88. The van der Waals surface area contributed by atoms with Gasteiger partial charge in [-0.15, -0.1) is 0 Å². The SMILES string of the molecule is C=C1CCC[C@]2(C)C[C@H]3OC(=O)[C@H](CN(C)CCc4ccccn4)[C@@H]3C[C@@H]12. The number of carbonyl (C=O) groups excluding carboxylic acids is 1. The van der Waals surface area contributed by atoms with Gasteiger partial charge >= 0.3 is 5.97 Å². The van der Waals surface area contributed by atoms with Crippen LogP contribution in [0.3, 0.4) is 0 Å². The molecule has 1 saturated heterocycles. The highest BCUT2D eigenvalue weighted by Crippen LogP contribution is 2.56. The molecule has 1 aliphatic heterocycles. The van der Waals surface area contributed by atoms with Gasteiger partial charge in [0, 0.05) is 37.3 Å². The van der Waals surface area contributed by atoms with Crippen molar-refractivity contribution in [1.29, 1.82) is 0 Å². The van der Waals surface area contributed by atoms with Gasteiger partial charge in [0.1, 0.15) is 6.10 Å². The normalized spacial score (nSPS) is 35.7. The van der Waals surface area contributed by atoms with Gasteiger partial charge in [0.2, 0.25) is 0 Å². The maximum absolute atomic E-state index is 12.7.